The standard InChI is InChI=1S/C9H7N3O3/c1-6-2-3-7(8(4-6)12(13)14)9-10-5-15-11-9/h2-5H,1H3. The van der Waals surface area contributed by atoms with Crippen LogP contribution in [0.25, 0.3) is 11.4 Å². The minimum atomic E-state index is -0.460. The summed E-state index contributed by atoms with van der Waals surface area (Å²) in [5.74, 6) is 0.224. The summed E-state index contributed by atoms with van der Waals surface area (Å²) < 4.78 is 4.55. The molecule has 6 heteroatoms. The van der Waals surface area contributed by atoms with Gasteiger partial charge in [0, 0.05) is 6.07 Å². The highest BCUT2D eigenvalue weighted by Crippen LogP contribution is 2.27. The van der Waals surface area contributed by atoms with Crippen molar-refractivity contribution >= 4 is 5.69 Å². The summed E-state index contributed by atoms with van der Waals surface area (Å²) >= 11 is 0. The highest BCUT2D eigenvalue weighted by Gasteiger charge is 2.18. The molecule has 15 heavy (non-hydrogen) atoms. The number of aryl methyl sites for hydroxylation is 1. The lowest BCUT2D eigenvalue weighted by Crippen LogP contribution is -1.93. The van der Waals surface area contributed by atoms with Crippen molar-refractivity contribution < 1.29 is 9.45 Å². The van der Waals surface area contributed by atoms with E-state index in [1.54, 1.807) is 19.1 Å². The van der Waals surface area contributed by atoms with Crippen molar-refractivity contribution in [2.75, 3.05) is 0 Å². The minimum Gasteiger partial charge on any atom is -0.342 e. The smallest absolute Gasteiger partial charge is 0.280 e. The zero-order valence-electron chi connectivity index (χ0n) is 7.88. The topological polar surface area (TPSA) is 82.1 Å². The number of nitro benzene ring substituents is 1. The molecule has 1 heterocycles. The van der Waals surface area contributed by atoms with Crippen LogP contribution in [0.4, 0.5) is 5.69 Å². The number of hydrogen-bond acceptors (Lipinski definition) is 5. The molecule has 0 spiro atoms. The Bertz CT molecular complexity index is 493. The van der Waals surface area contributed by atoms with Crippen molar-refractivity contribution in [1.82, 2.24) is 10.1 Å². The van der Waals surface area contributed by atoms with E-state index < -0.39 is 4.92 Å². The SMILES string of the molecule is Cc1ccc(-c2ncon2)c([N+](=O)[O-])c1. The lowest BCUT2D eigenvalue weighted by atomic mass is 10.1. The zero-order valence-corrected chi connectivity index (χ0v) is 7.88. The zero-order chi connectivity index (χ0) is 10.8. The molecule has 0 atom stereocenters. The van der Waals surface area contributed by atoms with Crippen LogP contribution in [-0.2, 0) is 0 Å². The third kappa shape index (κ3) is 1.69. The Morgan fingerprint density at radius 3 is 2.87 bits per heavy atom. The molecule has 0 aliphatic carbocycles. The van der Waals surface area contributed by atoms with Crippen molar-refractivity contribution in [3.05, 3.63) is 40.3 Å². The molecule has 0 saturated carbocycles. The molecule has 76 valence electrons. The maximum absolute atomic E-state index is 10.8. The Balaban J connectivity index is 2.61. The molecule has 1 aromatic heterocycles. The van der Waals surface area contributed by atoms with Crippen LogP contribution in [0.5, 0.6) is 0 Å². The quantitative estimate of drug-likeness (QED) is 0.552. The average Bonchev–Trinajstić information content (AvgIpc) is 2.70. The van der Waals surface area contributed by atoms with Gasteiger partial charge >= 0.3 is 0 Å². The van der Waals surface area contributed by atoms with Gasteiger partial charge < -0.3 is 4.52 Å². The van der Waals surface area contributed by atoms with Crippen molar-refractivity contribution in [2.45, 2.75) is 6.92 Å². The molecule has 0 unspecified atom stereocenters. The van der Waals surface area contributed by atoms with Gasteiger partial charge in [0.1, 0.15) is 5.56 Å². The Morgan fingerprint density at radius 2 is 2.27 bits per heavy atom. The van der Waals surface area contributed by atoms with Crippen LogP contribution in [0.2, 0.25) is 0 Å². The highest BCUT2D eigenvalue weighted by atomic mass is 16.6. The summed E-state index contributed by atoms with van der Waals surface area (Å²) in [5, 5.41) is 14.4. The van der Waals surface area contributed by atoms with E-state index in [9.17, 15) is 10.1 Å². The van der Waals surface area contributed by atoms with Gasteiger partial charge in [0.25, 0.3) is 5.69 Å². The summed E-state index contributed by atoms with van der Waals surface area (Å²) in [6, 6.07) is 4.85. The minimum absolute atomic E-state index is 0.0172. The van der Waals surface area contributed by atoms with Crippen molar-refractivity contribution in [3.8, 4) is 11.4 Å². The van der Waals surface area contributed by atoms with E-state index >= 15 is 0 Å². The number of nitro groups is 1. The van der Waals surface area contributed by atoms with Crippen molar-refractivity contribution in [3.63, 3.8) is 0 Å². The van der Waals surface area contributed by atoms with E-state index in [0.717, 1.165) is 12.0 Å². The van der Waals surface area contributed by atoms with E-state index in [2.05, 4.69) is 14.7 Å². The maximum Gasteiger partial charge on any atom is 0.280 e. The first-order valence-corrected chi connectivity index (χ1v) is 4.20. The van der Waals surface area contributed by atoms with Gasteiger partial charge in [0.2, 0.25) is 12.2 Å². The van der Waals surface area contributed by atoms with Gasteiger partial charge in [0.05, 0.1) is 4.92 Å². The summed E-state index contributed by atoms with van der Waals surface area (Å²) in [6.45, 7) is 1.78. The molecule has 2 rings (SSSR count). The van der Waals surface area contributed by atoms with Gasteiger partial charge in [-0.05, 0) is 18.6 Å². The van der Waals surface area contributed by atoms with Crippen molar-refractivity contribution in [1.29, 1.82) is 0 Å². The first kappa shape index (κ1) is 9.32. The number of benzene rings is 1. The Labute approximate surface area is 84.7 Å². The largest absolute Gasteiger partial charge is 0.342 e. The van der Waals surface area contributed by atoms with Gasteiger partial charge in [-0.3, -0.25) is 10.1 Å². The molecule has 0 N–H and O–H groups in total. The van der Waals surface area contributed by atoms with E-state index in [1.165, 1.54) is 6.07 Å². The number of rotatable bonds is 2. The second-order valence-corrected chi connectivity index (χ2v) is 3.03. The van der Waals surface area contributed by atoms with Gasteiger partial charge in [-0.1, -0.05) is 11.2 Å². The Kier molecular flexibility index (Phi) is 2.17. The van der Waals surface area contributed by atoms with Gasteiger partial charge in [0.15, 0.2) is 0 Å². The second-order valence-electron chi connectivity index (χ2n) is 3.03. The normalized spacial score (nSPS) is 10.2. The number of nitrogens with zero attached hydrogens (tertiary/aromatic N) is 3. The summed E-state index contributed by atoms with van der Waals surface area (Å²) in [5.41, 5.74) is 1.16. The Hall–Kier alpha value is -2.24. The lowest BCUT2D eigenvalue weighted by molar-refractivity contribution is -0.384. The van der Waals surface area contributed by atoms with E-state index in [4.69, 9.17) is 0 Å². The fourth-order valence-corrected chi connectivity index (χ4v) is 1.27. The summed E-state index contributed by atoms with van der Waals surface area (Å²) in [6.07, 6.45) is 1.14. The van der Waals surface area contributed by atoms with Crippen LogP contribution in [0, 0.1) is 17.0 Å². The molecule has 0 bridgehead atoms. The predicted molar refractivity (Wildman–Crippen MR) is 51.1 cm³/mol. The second kappa shape index (κ2) is 3.49. The van der Waals surface area contributed by atoms with Gasteiger partial charge in [-0.15, -0.1) is 0 Å². The monoisotopic (exact) mass is 205 g/mol. The van der Waals surface area contributed by atoms with Crippen LogP contribution < -0.4 is 0 Å². The third-order valence-electron chi connectivity index (χ3n) is 1.95. The maximum atomic E-state index is 10.8. The molecule has 0 amide bonds. The van der Waals surface area contributed by atoms with Gasteiger partial charge in [-0.25, -0.2) is 0 Å². The molecule has 0 saturated heterocycles. The highest BCUT2D eigenvalue weighted by molar-refractivity contribution is 5.68. The molecule has 6 nitrogen and oxygen atoms in total. The molecule has 2 aromatic rings. The summed E-state index contributed by atoms with van der Waals surface area (Å²) in [7, 11) is 0. The van der Waals surface area contributed by atoms with Crippen LogP contribution in [-0.4, -0.2) is 15.1 Å². The van der Waals surface area contributed by atoms with Crippen LogP contribution in [0.15, 0.2) is 29.1 Å². The van der Waals surface area contributed by atoms with E-state index in [0.29, 0.717) is 5.56 Å². The first-order valence-electron chi connectivity index (χ1n) is 4.20. The first-order chi connectivity index (χ1) is 7.18. The van der Waals surface area contributed by atoms with E-state index in [1.807, 2.05) is 0 Å². The van der Waals surface area contributed by atoms with Crippen LogP contribution >= 0.6 is 0 Å². The molecule has 0 fully saturated rings. The van der Waals surface area contributed by atoms with Crippen LogP contribution in [0.3, 0.4) is 0 Å². The van der Waals surface area contributed by atoms with Crippen molar-refractivity contribution in [2.24, 2.45) is 0 Å². The molecular weight excluding hydrogens is 198 g/mol. The molecule has 0 aliphatic heterocycles. The van der Waals surface area contributed by atoms with Gasteiger partial charge in [-0.2, -0.15) is 4.98 Å². The average molecular weight is 205 g/mol. The lowest BCUT2D eigenvalue weighted by Gasteiger charge is -1.98. The fraction of sp³-hybridized carbons (Fsp3) is 0.111. The molecule has 0 radical (unpaired) electrons. The molecular formula is C9H7N3O3. The number of aromatic nitrogens is 2. The summed E-state index contributed by atoms with van der Waals surface area (Å²) in [4.78, 5) is 14.1. The van der Waals surface area contributed by atoms with Crippen LogP contribution in [0.1, 0.15) is 5.56 Å². The molecule has 0 aliphatic rings. The third-order valence-corrected chi connectivity index (χ3v) is 1.95. The van der Waals surface area contributed by atoms with E-state index in [-0.39, 0.29) is 11.5 Å². The fourth-order valence-electron chi connectivity index (χ4n) is 1.27. The predicted octanol–water partition coefficient (Wildman–Crippen LogP) is 1.95. The molecule has 1 aromatic carbocycles. The number of hydrogen-bond donors (Lipinski definition) is 0. The Morgan fingerprint density at radius 1 is 1.47 bits per heavy atom.